The molecule has 5 aromatic rings. The van der Waals surface area contributed by atoms with Gasteiger partial charge in [-0.05, 0) is 72.8 Å². The van der Waals surface area contributed by atoms with Crippen LogP contribution in [0.4, 0.5) is 37.7 Å². The summed E-state index contributed by atoms with van der Waals surface area (Å²) in [6.45, 7) is 0. The molecule has 0 spiro atoms. The first-order chi connectivity index (χ1) is 21.1. The Morgan fingerprint density at radius 1 is 0.477 bits per heavy atom. The zero-order valence-corrected chi connectivity index (χ0v) is 22.1. The molecule has 2 N–H and O–H groups in total. The zero-order valence-electron chi connectivity index (χ0n) is 22.1. The molecule has 6 nitrogen and oxygen atoms in total. The van der Waals surface area contributed by atoms with E-state index in [9.17, 15) is 35.9 Å². The number of rotatable bonds is 8. The summed E-state index contributed by atoms with van der Waals surface area (Å²) in [5.41, 5.74) is 0.445. The summed E-state index contributed by atoms with van der Waals surface area (Å²) >= 11 is 0. The molecule has 0 unspecified atom stereocenters. The SMILES string of the molecule is O=C(Nc1cccc(Oc2c(F)c(F)c(Oc3cccc(NC(=O)c4ccc(F)cc4)c3)c(F)c2F)c1)c1ccc(F)cc1. The lowest BCUT2D eigenvalue weighted by Crippen LogP contribution is -2.12. The topological polar surface area (TPSA) is 76.7 Å². The lowest BCUT2D eigenvalue weighted by Gasteiger charge is -2.15. The van der Waals surface area contributed by atoms with E-state index in [1.165, 1.54) is 60.7 Å². The molecule has 12 heteroatoms. The summed E-state index contributed by atoms with van der Waals surface area (Å²) in [5.74, 6) is -13.3. The Balaban J connectivity index is 1.33. The zero-order chi connectivity index (χ0) is 31.4. The van der Waals surface area contributed by atoms with E-state index in [1.54, 1.807) is 0 Å². The lowest BCUT2D eigenvalue weighted by atomic mass is 10.2. The average molecular weight is 608 g/mol. The van der Waals surface area contributed by atoms with Crippen molar-refractivity contribution in [1.82, 2.24) is 0 Å². The second-order valence-corrected chi connectivity index (χ2v) is 9.10. The number of halogens is 6. The maximum Gasteiger partial charge on any atom is 0.255 e. The van der Waals surface area contributed by atoms with Crippen molar-refractivity contribution in [2.24, 2.45) is 0 Å². The quantitative estimate of drug-likeness (QED) is 0.137. The van der Waals surface area contributed by atoms with Crippen molar-refractivity contribution in [3.63, 3.8) is 0 Å². The van der Waals surface area contributed by atoms with Gasteiger partial charge in [-0.15, -0.1) is 0 Å². The largest absolute Gasteiger partial charge is 0.451 e. The summed E-state index contributed by atoms with van der Waals surface area (Å²) in [6, 6.07) is 19.5. The van der Waals surface area contributed by atoms with Crippen molar-refractivity contribution in [2.45, 2.75) is 0 Å². The average Bonchev–Trinajstić information content (AvgIpc) is 3.01. The standard InChI is InChI=1S/C32H18F6N2O4/c33-19-11-7-17(8-12-19)31(41)39-21-3-1-5-23(15-21)43-29-25(35)27(37)30(28(38)26(29)36)44-24-6-2-4-22(16-24)40-32(42)18-9-13-20(34)14-10-18/h1-16H,(H,39,41)(H,40,42). The van der Waals surface area contributed by atoms with E-state index in [1.807, 2.05) is 0 Å². The van der Waals surface area contributed by atoms with Crippen LogP contribution in [-0.4, -0.2) is 11.8 Å². The normalized spacial score (nSPS) is 10.7. The monoisotopic (exact) mass is 608 g/mol. The number of ether oxygens (including phenoxy) is 2. The van der Waals surface area contributed by atoms with Gasteiger partial charge in [-0.1, -0.05) is 12.1 Å². The first-order valence-electron chi connectivity index (χ1n) is 12.6. The van der Waals surface area contributed by atoms with E-state index >= 15 is 0 Å². The molecule has 44 heavy (non-hydrogen) atoms. The predicted molar refractivity (Wildman–Crippen MR) is 148 cm³/mol. The van der Waals surface area contributed by atoms with Crippen LogP contribution in [0.2, 0.25) is 0 Å². The molecule has 0 aliphatic rings. The number of nitrogens with one attached hydrogen (secondary N) is 2. The number of carbonyl (C=O) groups excluding carboxylic acids is 2. The Hall–Kier alpha value is -5.78. The second kappa shape index (κ2) is 12.6. The molecule has 0 atom stereocenters. The maximum atomic E-state index is 15.0. The highest BCUT2D eigenvalue weighted by atomic mass is 19.2. The van der Waals surface area contributed by atoms with Crippen molar-refractivity contribution >= 4 is 23.2 Å². The highest BCUT2D eigenvalue weighted by Crippen LogP contribution is 2.39. The summed E-state index contributed by atoms with van der Waals surface area (Å²) in [5, 5.41) is 4.96. The molecule has 0 aliphatic carbocycles. The third-order valence-corrected chi connectivity index (χ3v) is 6.02. The van der Waals surface area contributed by atoms with Crippen molar-refractivity contribution < 1.29 is 45.4 Å². The fourth-order valence-electron chi connectivity index (χ4n) is 3.89. The minimum Gasteiger partial charge on any atom is -0.451 e. The number of hydrogen-bond acceptors (Lipinski definition) is 4. The van der Waals surface area contributed by atoms with Gasteiger partial charge >= 0.3 is 0 Å². The van der Waals surface area contributed by atoms with Gasteiger partial charge in [-0.25, -0.2) is 8.78 Å². The summed E-state index contributed by atoms with van der Waals surface area (Å²) < 4.78 is 96.3. The first-order valence-corrected chi connectivity index (χ1v) is 12.6. The fourth-order valence-corrected chi connectivity index (χ4v) is 3.89. The molecular weight excluding hydrogens is 590 g/mol. The van der Waals surface area contributed by atoms with E-state index in [0.717, 1.165) is 36.4 Å². The van der Waals surface area contributed by atoms with Crippen LogP contribution in [0.25, 0.3) is 0 Å². The van der Waals surface area contributed by atoms with Crippen LogP contribution >= 0.6 is 0 Å². The molecule has 0 saturated carbocycles. The number of hydrogen-bond donors (Lipinski definition) is 2. The molecule has 5 aromatic carbocycles. The third-order valence-electron chi connectivity index (χ3n) is 6.02. The Kier molecular flexibility index (Phi) is 8.51. The molecule has 0 aliphatic heterocycles. The minimum absolute atomic E-state index is 0.102. The molecule has 0 fully saturated rings. The Morgan fingerprint density at radius 3 is 1.16 bits per heavy atom. The lowest BCUT2D eigenvalue weighted by molar-refractivity contribution is 0.101. The van der Waals surface area contributed by atoms with Crippen molar-refractivity contribution in [2.75, 3.05) is 10.6 Å². The van der Waals surface area contributed by atoms with Crippen molar-refractivity contribution in [1.29, 1.82) is 0 Å². The Bertz CT molecular complexity index is 1700. The molecular formula is C32H18F6N2O4. The van der Waals surface area contributed by atoms with Gasteiger partial charge in [0.2, 0.25) is 34.8 Å². The van der Waals surface area contributed by atoms with E-state index < -0.39 is 58.2 Å². The number of anilines is 2. The van der Waals surface area contributed by atoms with E-state index in [-0.39, 0.29) is 34.0 Å². The fraction of sp³-hybridized carbons (Fsp3) is 0. The van der Waals surface area contributed by atoms with Gasteiger partial charge in [0, 0.05) is 34.6 Å². The molecule has 5 rings (SSSR count). The highest BCUT2D eigenvalue weighted by molar-refractivity contribution is 6.05. The van der Waals surface area contributed by atoms with Crippen LogP contribution in [0.15, 0.2) is 97.1 Å². The highest BCUT2D eigenvalue weighted by Gasteiger charge is 2.29. The smallest absolute Gasteiger partial charge is 0.255 e. The Labute approximate surface area is 245 Å². The first kappa shape index (κ1) is 29.7. The van der Waals surface area contributed by atoms with Crippen LogP contribution < -0.4 is 20.1 Å². The van der Waals surface area contributed by atoms with Crippen LogP contribution in [0.1, 0.15) is 20.7 Å². The van der Waals surface area contributed by atoms with Gasteiger partial charge in [0.15, 0.2) is 0 Å². The second-order valence-electron chi connectivity index (χ2n) is 9.10. The Morgan fingerprint density at radius 2 is 0.818 bits per heavy atom. The van der Waals surface area contributed by atoms with Crippen molar-refractivity contribution in [3.05, 3.63) is 143 Å². The minimum atomic E-state index is -1.90. The molecule has 0 radical (unpaired) electrons. The molecule has 0 aromatic heterocycles. The number of carbonyl (C=O) groups is 2. The number of benzene rings is 5. The van der Waals surface area contributed by atoms with Gasteiger partial charge in [-0.3, -0.25) is 9.59 Å². The predicted octanol–water partition coefficient (Wildman–Crippen LogP) is 8.61. The maximum absolute atomic E-state index is 15.0. The van der Waals surface area contributed by atoms with E-state index in [0.29, 0.717) is 0 Å². The van der Waals surface area contributed by atoms with Gasteiger partial charge in [-0.2, -0.15) is 17.6 Å². The van der Waals surface area contributed by atoms with E-state index in [4.69, 9.17) is 9.47 Å². The summed E-state index contributed by atoms with van der Waals surface area (Å²) in [6.07, 6.45) is 0. The van der Waals surface area contributed by atoms with Crippen LogP contribution in [0, 0.1) is 34.9 Å². The van der Waals surface area contributed by atoms with E-state index in [2.05, 4.69) is 10.6 Å². The molecule has 0 saturated heterocycles. The third kappa shape index (κ3) is 6.65. The molecule has 0 bridgehead atoms. The molecule has 222 valence electrons. The van der Waals surface area contributed by atoms with Crippen LogP contribution in [0.3, 0.4) is 0 Å². The van der Waals surface area contributed by atoms with Crippen molar-refractivity contribution in [3.8, 4) is 23.0 Å². The van der Waals surface area contributed by atoms with Gasteiger partial charge in [0.05, 0.1) is 0 Å². The van der Waals surface area contributed by atoms with Gasteiger partial charge in [0.25, 0.3) is 11.8 Å². The van der Waals surface area contributed by atoms with Gasteiger partial charge < -0.3 is 20.1 Å². The van der Waals surface area contributed by atoms with Crippen LogP contribution in [0.5, 0.6) is 23.0 Å². The summed E-state index contributed by atoms with van der Waals surface area (Å²) in [4.78, 5) is 24.8. The molecule has 2 amide bonds. The molecule has 0 heterocycles. The number of amides is 2. The van der Waals surface area contributed by atoms with Crippen LogP contribution in [-0.2, 0) is 0 Å². The van der Waals surface area contributed by atoms with Gasteiger partial charge in [0.1, 0.15) is 23.1 Å². The summed E-state index contributed by atoms with van der Waals surface area (Å²) in [7, 11) is 0.